The lowest BCUT2D eigenvalue weighted by Crippen LogP contribution is -2.29. The molecule has 0 amide bonds. The van der Waals surface area contributed by atoms with Crippen molar-refractivity contribution < 1.29 is 37.6 Å². The Hall–Kier alpha value is -4.89. The van der Waals surface area contributed by atoms with Gasteiger partial charge in [-0.25, -0.2) is 4.57 Å². The Labute approximate surface area is 609 Å². The Bertz CT molecular complexity index is 2290. The van der Waals surface area contributed by atoms with E-state index in [9.17, 15) is 19.0 Å². The molecule has 562 valence electrons. The quantitative estimate of drug-likeness (QED) is 0.0264. The Morgan fingerprint density at radius 2 is 0.525 bits per heavy atom. The van der Waals surface area contributed by atoms with Crippen molar-refractivity contribution in [3.8, 4) is 0 Å². The fourth-order valence-electron chi connectivity index (χ4n) is 10.9. The molecule has 9 nitrogen and oxygen atoms in total. The average Bonchev–Trinajstić information content (AvgIpc) is 1.64. The highest BCUT2D eigenvalue weighted by molar-refractivity contribution is 7.47. The van der Waals surface area contributed by atoms with Gasteiger partial charge < -0.3 is 20.1 Å². The molecule has 0 saturated heterocycles. The predicted molar refractivity (Wildman–Crippen MR) is 431 cm³/mol. The molecule has 0 spiro atoms. The third-order valence-electron chi connectivity index (χ3n) is 16.8. The van der Waals surface area contributed by atoms with Crippen LogP contribution in [0.2, 0.25) is 0 Å². The van der Waals surface area contributed by atoms with Crippen LogP contribution in [0.15, 0.2) is 182 Å². The first kappa shape index (κ1) is 94.1. The molecule has 0 aromatic carbocycles. The van der Waals surface area contributed by atoms with Crippen LogP contribution in [0.4, 0.5) is 0 Å². The van der Waals surface area contributed by atoms with Crippen LogP contribution in [0, 0.1) is 0 Å². The van der Waals surface area contributed by atoms with E-state index in [2.05, 4.69) is 196 Å². The van der Waals surface area contributed by atoms with E-state index in [1.165, 1.54) is 161 Å². The van der Waals surface area contributed by atoms with Crippen molar-refractivity contribution in [2.45, 2.75) is 341 Å². The summed E-state index contributed by atoms with van der Waals surface area (Å²) in [4.78, 5) is 35.5. The minimum atomic E-state index is -4.41. The molecule has 0 saturated carbocycles. The minimum Gasteiger partial charge on any atom is -0.462 e. The lowest BCUT2D eigenvalue weighted by Gasteiger charge is -2.19. The molecule has 0 aromatic rings. The standard InChI is InChI=1S/C89H148NO8P/c1-3-5-7-9-11-13-15-17-19-21-23-25-27-29-31-33-35-37-39-41-42-43-44-46-47-49-51-53-55-57-59-61-63-65-67-69-71-73-75-77-79-81-88(91)95-85-87(86-97-99(93,94)96-84-83-90)98-89(92)82-80-78-76-74-72-70-68-66-64-62-60-58-56-54-52-50-48-45-40-38-36-34-32-30-28-26-24-22-20-18-16-14-12-10-8-6-4-2/h5-8,11-14,17-20,23-26,29-32,35-38,41-42,45,48,52,54,87H,3-4,9-10,15-16,21-22,27-28,33-34,39-40,43-44,46-47,49-51,53,55-86,90H2,1-2H3,(H,93,94)/b7-5-,8-6-,13-11-,14-12-,19-17-,20-18-,25-23-,26-24-,31-29-,32-30-,37-35-,38-36-,42-41-,48-45-,54-52-. The largest absolute Gasteiger partial charge is 0.472 e. The number of carbonyl (C=O) groups is 2. The number of carbonyl (C=O) groups excluding carboxylic acids is 2. The zero-order chi connectivity index (χ0) is 71.5. The van der Waals surface area contributed by atoms with Crippen molar-refractivity contribution in [2.24, 2.45) is 5.73 Å². The Kier molecular flexibility index (Phi) is 78.0. The number of esters is 2. The van der Waals surface area contributed by atoms with Crippen LogP contribution < -0.4 is 5.73 Å². The number of hydrogen-bond acceptors (Lipinski definition) is 8. The highest BCUT2D eigenvalue weighted by atomic mass is 31.2. The topological polar surface area (TPSA) is 134 Å². The van der Waals surface area contributed by atoms with Gasteiger partial charge in [-0.2, -0.15) is 0 Å². The molecule has 0 aliphatic heterocycles. The second-order valence-corrected chi connectivity index (χ2v) is 27.6. The van der Waals surface area contributed by atoms with E-state index < -0.39 is 26.5 Å². The zero-order valence-corrected chi connectivity index (χ0v) is 64.3. The normalized spacial score (nSPS) is 13.9. The van der Waals surface area contributed by atoms with E-state index in [1.54, 1.807) is 0 Å². The summed E-state index contributed by atoms with van der Waals surface area (Å²) in [6.45, 7) is 3.53. The van der Waals surface area contributed by atoms with E-state index in [1.807, 2.05) is 0 Å². The smallest absolute Gasteiger partial charge is 0.462 e. The van der Waals surface area contributed by atoms with Gasteiger partial charge in [0.15, 0.2) is 6.10 Å². The Balaban J connectivity index is 3.86. The maximum Gasteiger partial charge on any atom is 0.472 e. The van der Waals surface area contributed by atoms with Crippen LogP contribution >= 0.6 is 7.82 Å². The monoisotopic (exact) mass is 1390 g/mol. The summed E-state index contributed by atoms with van der Waals surface area (Å²) in [5.74, 6) is -0.827. The average molecular weight is 1390 g/mol. The molecule has 3 N–H and O–H groups in total. The van der Waals surface area contributed by atoms with Crippen LogP contribution in [0.3, 0.4) is 0 Å². The second-order valence-electron chi connectivity index (χ2n) is 26.2. The number of phosphoric ester groups is 1. The molecular weight excluding hydrogens is 1240 g/mol. The fraction of sp³-hybridized carbons (Fsp3) is 0.640. The molecule has 10 heteroatoms. The van der Waals surface area contributed by atoms with Crippen molar-refractivity contribution in [1.82, 2.24) is 0 Å². The highest BCUT2D eigenvalue weighted by Gasteiger charge is 2.26. The van der Waals surface area contributed by atoms with Crippen LogP contribution in [0.25, 0.3) is 0 Å². The van der Waals surface area contributed by atoms with E-state index in [-0.39, 0.29) is 38.6 Å². The summed E-state index contributed by atoms with van der Waals surface area (Å²) in [7, 11) is -4.41. The van der Waals surface area contributed by atoms with Crippen LogP contribution in [0.5, 0.6) is 0 Å². The van der Waals surface area contributed by atoms with Gasteiger partial charge in [0.25, 0.3) is 0 Å². The van der Waals surface area contributed by atoms with Gasteiger partial charge in [0.1, 0.15) is 6.61 Å². The first-order valence-corrected chi connectivity index (χ1v) is 41.8. The zero-order valence-electron chi connectivity index (χ0n) is 63.4. The number of hydrogen-bond donors (Lipinski definition) is 2. The van der Waals surface area contributed by atoms with Gasteiger partial charge in [-0.1, -0.05) is 369 Å². The van der Waals surface area contributed by atoms with E-state index in [4.69, 9.17) is 24.3 Å². The first-order chi connectivity index (χ1) is 48.8. The van der Waals surface area contributed by atoms with Crippen LogP contribution in [-0.4, -0.2) is 49.3 Å². The van der Waals surface area contributed by atoms with Gasteiger partial charge >= 0.3 is 19.8 Å². The third kappa shape index (κ3) is 82.0. The Morgan fingerprint density at radius 1 is 0.303 bits per heavy atom. The summed E-state index contributed by atoms with van der Waals surface area (Å²) in [6, 6.07) is 0. The van der Waals surface area contributed by atoms with E-state index >= 15 is 0 Å². The SMILES string of the molecule is CC/C=C\C/C=C\C/C=C\C/C=C\C/C=C\C/C=C\C/C=C\C/C=C\CCCCCCCCCCCCCCC(=O)OC(COC(=O)CCCCCCCCCCCCCCCCCCCCC/C=C\C/C=C\C/C=C\C/C=C\C/C=C\C/C=C\C/C=C\CC)COP(=O)(O)OCCN. The maximum atomic E-state index is 12.8. The van der Waals surface area contributed by atoms with Gasteiger partial charge in [0.05, 0.1) is 13.2 Å². The molecule has 0 aliphatic rings. The minimum absolute atomic E-state index is 0.0473. The highest BCUT2D eigenvalue weighted by Crippen LogP contribution is 2.43. The number of allylic oxidation sites excluding steroid dienone is 30. The molecule has 0 radical (unpaired) electrons. The molecule has 0 aromatic heterocycles. The van der Waals surface area contributed by atoms with Crippen LogP contribution in [-0.2, 0) is 32.7 Å². The van der Waals surface area contributed by atoms with Crippen molar-refractivity contribution in [1.29, 1.82) is 0 Å². The van der Waals surface area contributed by atoms with Crippen molar-refractivity contribution in [2.75, 3.05) is 26.4 Å². The summed E-state index contributed by atoms with van der Waals surface area (Å²) >= 11 is 0. The first-order valence-electron chi connectivity index (χ1n) is 40.3. The molecule has 0 bridgehead atoms. The van der Waals surface area contributed by atoms with E-state index in [0.717, 1.165) is 141 Å². The number of rotatable bonds is 74. The van der Waals surface area contributed by atoms with Crippen molar-refractivity contribution in [3.63, 3.8) is 0 Å². The second kappa shape index (κ2) is 82.1. The Morgan fingerprint density at radius 3 is 0.778 bits per heavy atom. The molecule has 0 rings (SSSR count). The number of unbranched alkanes of at least 4 members (excludes halogenated alkanes) is 31. The number of ether oxygens (including phenoxy) is 2. The third-order valence-corrected chi connectivity index (χ3v) is 17.8. The summed E-state index contributed by atoms with van der Waals surface area (Å²) < 4.78 is 33.3. The molecule has 99 heavy (non-hydrogen) atoms. The molecule has 2 atom stereocenters. The molecule has 2 unspecified atom stereocenters. The van der Waals surface area contributed by atoms with Gasteiger partial charge in [-0.3, -0.25) is 18.6 Å². The van der Waals surface area contributed by atoms with Crippen LogP contribution in [0.1, 0.15) is 335 Å². The van der Waals surface area contributed by atoms with Crippen molar-refractivity contribution >= 4 is 19.8 Å². The molecule has 0 aliphatic carbocycles. The number of nitrogens with two attached hydrogens (primary N) is 1. The molecular formula is C89H148NO8P. The predicted octanol–water partition coefficient (Wildman–Crippen LogP) is 27.4. The van der Waals surface area contributed by atoms with Gasteiger partial charge in [-0.05, 0) is 135 Å². The molecule has 0 heterocycles. The van der Waals surface area contributed by atoms with Gasteiger partial charge in [0, 0.05) is 19.4 Å². The number of phosphoric acid groups is 1. The van der Waals surface area contributed by atoms with Crippen molar-refractivity contribution in [3.05, 3.63) is 182 Å². The fourth-order valence-corrected chi connectivity index (χ4v) is 11.7. The van der Waals surface area contributed by atoms with Gasteiger partial charge in [0.2, 0.25) is 0 Å². The maximum absolute atomic E-state index is 12.8. The lowest BCUT2D eigenvalue weighted by atomic mass is 10.0. The summed E-state index contributed by atoms with van der Waals surface area (Å²) in [6.07, 6.45) is 123. The lowest BCUT2D eigenvalue weighted by molar-refractivity contribution is -0.161. The van der Waals surface area contributed by atoms with Gasteiger partial charge in [-0.15, -0.1) is 0 Å². The molecule has 0 fully saturated rings. The summed E-state index contributed by atoms with van der Waals surface area (Å²) in [5.41, 5.74) is 5.42. The van der Waals surface area contributed by atoms with E-state index in [0.29, 0.717) is 6.42 Å². The summed E-state index contributed by atoms with van der Waals surface area (Å²) in [5, 5.41) is 0.